The Morgan fingerprint density at radius 1 is 1.26 bits per heavy atom. The topological polar surface area (TPSA) is 44.7 Å². The summed E-state index contributed by atoms with van der Waals surface area (Å²) in [6, 6.07) is 0.746. The molecular weight excluding hydrogens is 240 g/mol. The van der Waals surface area contributed by atoms with Gasteiger partial charge in [-0.2, -0.15) is 0 Å². The fourth-order valence-corrected chi connectivity index (χ4v) is 3.73. The highest BCUT2D eigenvalue weighted by Gasteiger charge is 2.33. The molecule has 2 aliphatic rings. The van der Waals surface area contributed by atoms with Crippen LogP contribution in [0.5, 0.6) is 0 Å². The van der Waals surface area contributed by atoms with Crippen molar-refractivity contribution >= 4 is 0 Å². The summed E-state index contributed by atoms with van der Waals surface area (Å²) in [7, 11) is 1.70. The largest absolute Gasteiger partial charge is 0.390 e. The average Bonchev–Trinajstić information content (AvgIpc) is 2.44. The van der Waals surface area contributed by atoms with E-state index in [2.05, 4.69) is 10.2 Å². The summed E-state index contributed by atoms with van der Waals surface area (Å²) in [6.07, 6.45) is 8.00. The van der Waals surface area contributed by atoms with Gasteiger partial charge in [0.15, 0.2) is 0 Å². The first kappa shape index (κ1) is 15.2. The molecule has 1 aliphatic heterocycles. The Balaban J connectivity index is 1.70. The zero-order valence-corrected chi connectivity index (χ0v) is 12.3. The summed E-state index contributed by atoms with van der Waals surface area (Å²) in [5.74, 6) is 0.899. The number of methoxy groups -OCH3 is 1. The van der Waals surface area contributed by atoms with E-state index in [0.29, 0.717) is 13.2 Å². The number of fused-ring (bicyclic) bond motifs is 1. The van der Waals surface area contributed by atoms with Gasteiger partial charge in [0, 0.05) is 32.8 Å². The molecule has 0 bridgehead atoms. The fraction of sp³-hybridized carbons (Fsp3) is 1.00. The quantitative estimate of drug-likeness (QED) is 0.683. The highest BCUT2D eigenvalue weighted by molar-refractivity contribution is 4.88. The number of nitrogens with one attached hydrogen (secondary N) is 1. The predicted octanol–water partition coefficient (Wildman–Crippen LogP) is 1.24. The number of hydrogen-bond acceptors (Lipinski definition) is 4. The van der Waals surface area contributed by atoms with E-state index >= 15 is 0 Å². The third-order valence-electron chi connectivity index (χ3n) is 4.67. The van der Waals surface area contributed by atoms with E-state index in [1.165, 1.54) is 45.1 Å². The average molecular weight is 270 g/mol. The van der Waals surface area contributed by atoms with Gasteiger partial charge in [0.25, 0.3) is 0 Å². The van der Waals surface area contributed by atoms with Gasteiger partial charge >= 0.3 is 0 Å². The number of rotatable bonds is 7. The van der Waals surface area contributed by atoms with Gasteiger partial charge in [-0.1, -0.05) is 12.8 Å². The van der Waals surface area contributed by atoms with Crippen LogP contribution in [0, 0.1) is 5.92 Å². The van der Waals surface area contributed by atoms with E-state index in [-0.39, 0.29) is 6.10 Å². The van der Waals surface area contributed by atoms with Crippen LogP contribution in [-0.2, 0) is 4.74 Å². The van der Waals surface area contributed by atoms with Crippen molar-refractivity contribution in [1.82, 2.24) is 10.2 Å². The molecule has 2 rings (SSSR count). The van der Waals surface area contributed by atoms with Crippen LogP contribution in [0.25, 0.3) is 0 Å². The minimum Gasteiger partial charge on any atom is -0.390 e. The third-order valence-corrected chi connectivity index (χ3v) is 4.67. The molecule has 1 aliphatic carbocycles. The fourth-order valence-electron chi connectivity index (χ4n) is 3.73. The lowest BCUT2D eigenvalue weighted by Gasteiger charge is -2.44. The second kappa shape index (κ2) is 8.20. The predicted molar refractivity (Wildman–Crippen MR) is 77.3 cm³/mol. The molecule has 2 fully saturated rings. The Bertz CT molecular complexity index is 248. The van der Waals surface area contributed by atoms with E-state index in [4.69, 9.17) is 4.74 Å². The lowest BCUT2D eigenvalue weighted by molar-refractivity contribution is 0.0210. The number of β-amino-alcohol motifs (C(OH)–C–C–N with tert-alkyl or cyclic N) is 1. The van der Waals surface area contributed by atoms with Crippen molar-refractivity contribution < 1.29 is 9.84 Å². The van der Waals surface area contributed by atoms with Crippen LogP contribution in [0.3, 0.4) is 0 Å². The van der Waals surface area contributed by atoms with E-state index in [1.54, 1.807) is 7.11 Å². The molecule has 1 saturated heterocycles. The second-order valence-electron chi connectivity index (χ2n) is 6.10. The smallest absolute Gasteiger partial charge is 0.0791 e. The summed E-state index contributed by atoms with van der Waals surface area (Å²) in [6.45, 7) is 4.22. The molecule has 0 aromatic carbocycles. The highest BCUT2D eigenvalue weighted by atomic mass is 16.5. The van der Waals surface area contributed by atoms with E-state index in [0.717, 1.165) is 25.0 Å². The number of piperidine rings is 1. The van der Waals surface area contributed by atoms with Crippen LogP contribution in [-0.4, -0.2) is 62.0 Å². The number of ether oxygens (including phenoxy) is 1. The molecule has 0 radical (unpaired) electrons. The number of likely N-dealkylation sites (tertiary alicyclic amines) is 1. The third kappa shape index (κ3) is 4.71. The molecule has 1 unspecified atom stereocenters. The Labute approximate surface area is 117 Å². The molecular formula is C15H30N2O2. The molecule has 4 heteroatoms. The van der Waals surface area contributed by atoms with Gasteiger partial charge in [0.05, 0.1) is 12.7 Å². The van der Waals surface area contributed by atoms with E-state index < -0.39 is 0 Å². The molecule has 1 saturated carbocycles. The van der Waals surface area contributed by atoms with Gasteiger partial charge in [-0.15, -0.1) is 0 Å². The van der Waals surface area contributed by atoms with Crippen LogP contribution in [0.2, 0.25) is 0 Å². The second-order valence-corrected chi connectivity index (χ2v) is 6.10. The summed E-state index contributed by atoms with van der Waals surface area (Å²) in [4.78, 5) is 2.55. The van der Waals surface area contributed by atoms with Crippen molar-refractivity contribution in [3.8, 4) is 0 Å². The van der Waals surface area contributed by atoms with E-state index in [9.17, 15) is 5.11 Å². The Kier molecular flexibility index (Phi) is 6.57. The lowest BCUT2D eigenvalue weighted by atomic mass is 9.78. The SMILES string of the molecule is COCCNCC(O)CN1CCC[C@H]2CCCC[C@H]21. The number of aliphatic hydroxyl groups excluding tert-OH is 1. The van der Waals surface area contributed by atoms with Crippen LogP contribution < -0.4 is 5.32 Å². The van der Waals surface area contributed by atoms with Gasteiger partial charge in [-0.25, -0.2) is 0 Å². The highest BCUT2D eigenvalue weighted by Crippen LogP contribution is 2.35. The number of aliphatic hydroxyl groups is 1. The van der Waals surface area contributed by atoms with Crippen LogP contribution in [0.4, 0.5) is 0 Å². The first-order valence-corrected chi connectivity index (χ1v) is 7.93. The van der Waals surface area contributed by atoms with Gasteiger partial charge in [0.2, 0.25) is 0 Å². The molecule has 1 heterocycles. The summed E-state index contributed by atoms with van der Waals surface area (Å²) >= 11 is 0. The Morgan fingerprint density at radius 2 is 2.05 bits per heavy atom. The first-order chi connectivity index (χ1) is 9.31. The van der Waals surface area contributed by atoms with Crippen LogP contribution in [0.15, 0.2) is 0 Å². The van der Waals surface area contributed by atoms with Gasteiger partial charge < -0.3 is 15.2 Å². The molecule has 0 aromatic rings. The molecule has 19 heavy (non-hydrogen) atoms. The summed E-state index contributed by atoms with van der Waals surface area (Å²) < 4.78 is 4.99. The Hall–Kier alpha value is -0.160. The molecule has 0 amide bonds. The number of hydrogen-bond donors (Lipinski definition) is 2. The van der Waals surface area contributed by atoms with Crippen molar-refractivity contribution in [2.45, 2.75) is 50.7 Å². The minimum atomic E-state index is -0.252. The monoisotopic (exact) mass is 270 g/mol. The van der Waals surface area contributed by atoms with Crippen molar-refractivity contribution in [2.24, 2.45) is 5.92 Å². The number of nitrogens with zero attached hydrogens (tertiary/aromatic N) is 1. The van der Waals surface area contributed by atoms with Crippen LogP contribution >= 0.6 is 0 Å². The lowest BCUT2D eigenvalue weighted by Crippen LogP contribution is -2.50. The standard InChI is InChI=1S/C15H30N2O2/c1-19-10-8-16-11-14(18)12-17-9-4-6-13-5-2-3-7-15(13)17/h13-16,18H,2-12H2,1H3/t13-,14?,15-/m1/s1. The molecule has 2 N–H and O–H groups in total. The molecule has 0 aromatic heterocycles. The summed E-state index contributed by atoms with van der Waals surface area (Å²) in [5.41, 5.74) is 0. The molecule has 0 spiro atoms. The molecule has 4 nitrogen and oxygen atoms in total. The summed E-state index contributed by atoms with van der Waals surface area (Å²) in [5, 5.41) is 13.4. The van der Waals surface area contributed by atoms with E-state index in [1.807, 2.05) is 0 Å². The van der Waals surface area contributed by atoms with Crippen molar-refractivity contribution in [3.05, 3.63) is 0 Å². The van der Waals surface area contributed by atoms with Crippen molar-refractivity contribution in [3.63, 3.8) is 0 Å². The molecule has 3 atom stereocenters. The zero-order valence-electron chi connectivity index (χ0n) is 12.3. The van der Waals surface area contributed by atoms with Gasteiger partial charge in [-0.3, -0.25) is 4.90 Å². The van der Waals surface area contributed by atoms with Crippen molar-refractivity contribution in [2.75, 3.05) is 39.9 Å². The van der Waals surface area contributed by atoms with Gasteiger partial charge in [0.1, 0.15) is 0 Å². The van der Waals surface area contributed by atoms with Gasteiger partial charge in [-0.05, 0) is 38.1 Å². The maximum absolute atomic E-state index is 10.1. The first-order valence-electron chi connectivity index (χ1n) is 7.93. The van der Waals surface area contributed by atoms with Crippen molar-refractivity contribution in [1.29, 1.82) is 0 Å². The zero-order chi connectivity index (χ0) is 13.5. The molecule has 112 valence electrons. The van der Waals surface area contributed by atoms with Crippen LogP contribution in [0.1, 0.15) is 38.5 Å². The maximum atomic E-state index is 10.1. The Morgan fingerprint density at radius 3 is 2.89 bits per heavy atom. The minimum absolute atomic E-state index is 0.252. The normalized spacial score (nSPS) is 30.0. The maximum Gasteiger partial charge on any atom is 0.0791 e.